The van der Waals surface area contributed by atoms with E-state index in [1.165, 1.54) is 44.8 Å². The van der Waals surface area contributed by atoms with Gasteiger partial charge in [-0.25, -0.2) is 0 Å². The summed E-state index contributed by atoms with van der Waals surface area (Å²) in [5.74, 6) is 1.29. The molecule has 11 heavy (non-hydrogen) atoms. The van der Waals surface area contributed by atoms with Crippen LogP contribution in [-0.2, 0) is 0 Å². The van der Waals surface area contributed by atoms with Gasteiger partial charge in [0, 0.05) is 23.6 Å². The number of hydrogen-bond acceptors (Lipinski definition) is 3. The molecule has 1 atom stereocenters. The van der Waals surface area contributed by atoms with Gasteiger partial charge in [-0.05, 0) is 25.9 Å². The summed E-state index contributed by atoms with van der Waals surface area (Å²) in [6, 6.07) is 0. The van der Waals surface area contributed by atoms with Gasteiger partial charge in [0.25, 0.3) is 0 Å². The van der Waals surface area contributed by atoms with Crippen LogP contribution in [-0.4, -0.2) is 36.7 Å². The maximum atomic E-state index is 3.46. The molecular weight excluding hydrogens is 156 g/mol. The molecule has 0 aromatic heterocycles. The lowest BCUT2D eigenvalue weighted by atomic mass is 10.0. The van der Waals surface area contributed by atoms with Crippen molar-refractivity contribution in [3.8, 4) is 0 Å². The fraction of sp³-hybridized carbons (Fsp3) is 1.00. The Bertz CT molecular complexity index is 122. The fourth-order valence-electron chi connectivity index (χ4n) is 1.91. The molecule has 0 bridgehead atoms. The molecule has 0 amide bonds. The van der Waals surface area contributed by atoms with E-state index in [0.29, 0.717) is 4.75 Å². The minimum atomic E-state index is 0.601. The Morgan fingerprint density at radius 1 is 1.00 bits per heavy atom. The molecule has 1 unspecified atom stereocenters. The first-order valence-electron chi connectivity index (χ1n) is 4.47. The van der Waals surface area contributed by atoms with E-state index < -0.39 is 0 Å². The second-order valence-electron chi connectivity index (χ2n) is 3.46. The predicted octanol–water partition coefficient (Wildman–Crippen LogP) is 0.445. The molecule has 0 aromatic rings. The monoisotopic (exact) mass is 172 g/mol. The highest BCUT2D eigenvalue weighted by Gasteiger charge is 2.34. The Morgan fingerprint density at radius 3 is 2.64 bits per heavy atom. The first-order chi connectivity index (χ1) is 5.41. The van der Waals surface area contributed by atoms with E-state index in [2.05, 4.69) is 22.4 Å². The standard InChI is InChI=1S/C8H16N2S/c1-3-9-5-6-11-8(1)2-4-10-7-8/h9-10H,1-7H2. The zero-order valence-electron chi connectivity index (χ0n) is 6.86. The van der Waals surface area contributed by atoms with Crippen molar-refractivity contribution >= 4 is 11.8 Å². The third kappa shape index (κ3) is 1.71. The van der Waals surface area contributed by atoms with Gasteiger partial charge in [0.05, 0.1) is 0 Å². The van der Waals surface area contributed by atoms with Gasteiger partial charge in [0.2, 0.25) is 0 Å². The second kappa shape index (κ2) is 3.33. The first-order valence-corrected chi connectivity index (χ1v) is 5.45. The number of thioether (sulfide) groups is 1. The molecule has 2 aliphatic rings. The van der Waals surface area contributed by atoms with E-state index in [-0.39, 0.29) is 0 Å². The predicted molar refractivity (Wildman–Crippen MR) is 50.2 cm³/mol. The molecule has 0 saturated carbocycles. The summed E-state index contributed by atoms with van der Waals surface area (Å²) in [6.45, 7) is 4.88. The van der Waals surface area contributed by atoms with Crippen molar-refractivity contribution in [2.24, 2.45) is 0 Å². The van der Waals surface area contributed by atoms with Crippen molar-refractivity contribution in [2.45, 2.75) is 17.6 Å². The average molecular weight is 172 g/mol. The van der Waals surface area contributed by atoms with Gasteiger partial charge in [-0.15, -0.1) is 0 Å². The van der Waals surface area contributed by atoms with E-state index in [9.17, 15) is 0 Å². The maximum absolute atomic E-state index is 3.46. The molecule has 2 rings (SSSR count). The Morgan fingerprint density at radius 2 is 1.82 bits per heavy atom. The van der Waals surface area contributed by atoms with Crippen LogP contribution < -0.4 is 10.6 Å². The molecule has 2 saturated heterocycles. The zero-order chi connectivity index (χ0) is 7.57. The lowest BCUT2D eigenvalue weighted by Gasteiger charge is -2.24. The van der Waals surface area contributed by atoms with Crippen LogP contribution in [0.25, 0.3) is 0 Å². The Kier molecular flexibility index (Phi) is 2.39. The second-order valence-corrected chi connectivity index (χ2v) is 5.02. The van der Waals surface area contributed by atoms with Crippen LogP contribution in [0.5, 0.6) is 0 Å². The molecule has 0 radical (unpaired) electrons. The van der Waals surface area contributed by atoms with Gasteiger partial charge in [-0.2, -0.15) is 11.8 Å². The molecule has 3 heteroatoms. The quantitative estimate of drug-likeness (QED) is 0.554. The van der Waals surface area contributed by atoms with Crippen LogP contribution in [0.3, 0.4) is 0 Å². The highest BCUT2D eigenvalue weighted by atomic mass is 32.2. The molecule has 2 nitrogen and oxygen atoms in total. The number of hydrogen-bond donors (Lipinski definition) is 2. The molecule has 0 aliphatic carbocycles. The summed E-state index contributed by atoms with van der Waals surface area (Å²) < 4.78 is 0.601. The molecule has 0 aromatic carbocycles. The van der Waals surface area contributed by atoms with E-state index in [0.717, 1.165) is 0 Å². The fourth-order valence-corrected chi connectivity index (χ4v) is 3.29. The van der Waals surface area contributed by atoms with E-state index >= 15 is 0 Å². The van der Waals surface area contributed by atoms with E-state index in [1.807, 2.05) is 0 Å². The van der Waals surface area contributed by atoms with Crippen molar-refractivity contribution in [2.75, 3.05) is 31.9 Å². The average Bonchev–Trinajstić information content (AvgIpc) is 2.32. The normalized spacial score (nSPS) is 39.3. The summed E-state index contributed by atoms with van der Waals surface area (Å²) in [6.07, 6.45) is 2.73. The third-order valence-electron chi connectivity index (χ3n) is 2.65. The van der Waals surface area contributed by atoms with Crippen molar-refractivity contribution in [3.05, 3.63) is 0 Å². The summed E-state index contributed by atoms with van der Waals surface area (Å²) in [4.78, 5) is 0. The summed E-state index contributed by atoms with van der Waals surface area (Å²) >= 11 is 2.17. The smallest absolute Gasteiger partial charge is 0.0309 e. The van der Waals surface area contributed by atoms with Crippen molar-refractivity contribution in [1.82, 2.24) is 10.6 Å². The van der Waals surface area contributed by atoms with Crippen LogP contribution in [0, 0.1) is 0 Å². The molecule has 1 spiro atoms. The molecule has 2 fully saturated rings. The van der Waals surface area contributed by atoms with Crippen LogP contribution in [0.15, 0.2) is 0 Å². The third-order valence-corrected chi connectivity index (χ3v) is 4.22. The van der Waals surface area contributed by atoms with E-state index in [4.69, 9.17) is 0 Å². The van der Waals surface area contributed by atoms with Gasteiger partial charge in [-0.3, -0.25) is 0 Å². The summed E-state index contributed by atoms with van der Waals surface area (Å²) in [7, 11) is 0. The van der Waals surface area contributed by atoms with Gasteiger partial charge in [-0.1, -0.05) is 0 Å². The Labute approximate surface area is 72.5 Å². The minimum Gasteiger partial charge on any atom is -0.316 e. The van der Waals surface area contributed by atoms with Crippen LogP contribution in [0.1, 0.15) is 12.8 Å². The van der Waals surface area contributed by atoms with Crippen LogP contribution >= 0.6 is 11.8 Å². The van der Waals surface area contributed by atoms with Gasteiger partial charge >= 0.3 is 0 Å². The highest BCUT2D eigenvalue weighted by molar-refractivity contribution is 8.00. The summed E-state index contributed by atoms with van der Waals surface area (Å²) in [5, 5.41) is 6.91. The Hall–Kier alpha value is 0.270. The SMILES string of the molecule is C1CSC2(CCN1)CCNC2. The minimum absolute atomic E-state index is 0.601. The number of nitrogens with one attached hydrogen (secondary N) is 2. The zero-order valence-corrected chi connectivity index (χ0v) is 7.67. The Balaban J connectivity index is 1.97. The number of rotatable bonds is 0. The summed E-state index contributed by atoms with van der Waals surface area (Å²) in [5.41, 5.74) is 0. The van der Waals surface area contributed by atoms with Gasteiger partial charge < -0.3 is 10.6 Å². The van der Waals surface area contributed by atoms with Gasteiger partial charge in [0.1, 0.15) is 0 Å². The lowest BCUT2D eigenvalue weighted by Crippen LogP contribution is -2.29. The topological polar surface area (TPSA) is 24.1 Å². The van der Waals surface area contributed by atoms with Crippen molar-refractivity contribution in [1.29, 1.82) is 0 Å². The highest BCUT2D eigenvalue weighted by Crippen LogP contribution is 2.35. The molecule has 64 valence electrons. The first kappa shape index (κ1) is 7.90. The van der Waals surface area contributed by atoms with E-state index in [1.54, 1.807) is 0 Å². The maximum Gasteiger partial charge on any atom is 0.0309 e. The molecule has 2 heterocycles. The van der Waals surface area contributed by atoms with Crippen molar-refractivity contribution in [3.63, 3.8) is 0 Å². The van der Waals surface area contributed by atoms with Gasteiger partial charge in [0.15, 0.2) is 0 Å². The molecule has 2 aliphatic heterocycles. The van der Waals surface area contributed by atoms with Crippen LogP contribution in [0.4, 0.5) is 0 Å². The lowest BCUT2D eigenvalue weighted by molar-refractivity contribution is 0.564. The molecular formula is C8H16N2S. The van der Waals surface area contributed by atoms with Crippen molar-refractivity contribution < 1.29 is 0 Å². The van der Waals surface area contributed by atoms with Crippen LogP contribution in [0.2, 0.25) is 0 Å². The largest absolute Gasteiger partial charge is 0.316 e. The molecule has 2 N–H and O–H groups in total.